The van der Waals surface area contributed by atoms with Crippen molar-refractivity contribution < 1.29 is 14.3 Å². The lowest BCUT2D eigenvalue weighted by Crippen LogP contribution is -2.36. The molecule has 0 aromatic heterocycles. The van der Waals surface area contributed by atoms with Crippen LogP contribution < -0.4 is 0 Å². The molecule has 2 atom stereocenters. The molecular formula is C16H21BrINO3. The van der Waals surface area contributed by atoms with E-state index in [1.165, 1.54) is 0 Å². The second-order valence-corrected chi connectivity index (χ2v) is 8.90. The van der Waals surface area contributed by atoms with Gasteiger partial charge < -0.3 is 14.4 Å². The van der Waals surface area contributed by atoms with Crippen LogP contribution in [-0.4, -0.2) is 39.7 Å². The minimum atomic E-state index is -0.465. The van der Waals surface area contributed by atoms with Gasteiger partial charge in [0, 0.05) is 11.0 Å². The molecule has 1 heterocycles. The first-order valence-electron chi connectivity index (χ1n) is 7.22. The Morgan fingerprint density at radius 3 is 2.77 bits per heavy atom. The number of likely N-dealkylation sites (tertiary alicyclic amines) is 1. The fraction of sp³-hybridized carbons (Fsp3) is 0.562. The van der Waals surface area contributed by atoms with E-state index in [0.29, 0.717) is 19.7 Å². The molecule has 1 amide bonds. The highest BCUT2D eigenvalue weighted by Gasteiger charge is 2.36. The van der Waals surface area contributed by atoms with E-state index >= 15 is 0 Å². The van der Waals surface area contributed by atoms with Gasteiger partial charge in [-0.2, -0.15) is 0 Å². The number of halogens is 2. The summed E-state index contributed by atoms with van der Waals surface area (Å²) in [5.41, 5.74) is 0.654. The largest absolute Gasteiger partial charge is 0.444 e. The molecule has 1 aromatic carbocycles. The molecule has 0 N–H and O–H groups in total. The van der Waals surface area contributed by atoms with Crippen LogP contribution in [0.1, 0.15) is 26.3 Å². The molecule has 0 radical (unpaired) electrons. The molecule has 0 saturated carbocycles. The zero-order valence-electron chi connectivity index (χ0n) is 13.0. The van der Waals surface area contributed by atoms with E-state index in [4.69, 9.17) is 9.47 Å². The molecule has 1 aliphatic rings. The number of carbonyl (C=O) groups excluding carboxylic acids is 1. The molecule has 122 valence electrons. The number of ether oxygens (including phenoxy) is 2. The molecule has 1 saturated heterocycles. The lowest BCUT2D eigenvalue weighted by atomic mass is 10.2. The summed E-state index contributed by atoms with van der Waals surface area (Å²) in [4.78, 5) is 13.8. The number of rotatable bonds is 3. The van der Waals surface area contributed by atoms with E-state index < -0.39 is 5.60 Å². The Hall–Kier alpha value is -0.340. The number of benzene rings is 1. The Morgan fingerprint density at radius 2 is 2.14 bits per heavy atom. The molecule has 0 spiro atoms. The molecule has 1 fully saturated rings. The van der Waals surface area contributed by atoms with Crippen molar-refractivity contribution in [3.05, 3.63) is 34.3 Å². The smallest absolute Gasteiger partial charge is 0.410 e. The topological polar surface area (TPSA) is 38.8 Å². The van der Waals surface area contributed by atoms with Gasteiger partial charge in [-0.25, -0.2) is 4.79 Å². The molecule has 0 aliphatic carbocycles. The highest BCUT2D eigenvalue weighted by atomic mass is 127. The third-order valence-corrected chi connectivity index (χ3v) is 4.89. The molecule has 1 aromatic rings. The van der Waals surface area contributed by atoms with E-state index in [0.717, 1.165) is 10.0 Å². The van der Waals surface area contributed by atoms with Crippen LogP contribution in [0, 0.1) is 0 Å². The van der Waals surface area contributed by atoms with Crippen molar-refractivity contribution in [2.75, 3.05) is 13.1 Å². The highest BCUT2D eigenvalue weighted by Crippen LogP contribution is 2.24. The average Bonchev–Trinajstić information content (AvgIpc) is 2.76. The molecule has 2 unspecified atom stereocenters. The predicted octanol–water partition coefficient (Wildman–Crippen LogP) is 4.39. The quantitative estimate of drug-likeness (QED) is 0.474. The fourth-order valence-corrected chi connectivity index (χ4v) is 3.55. The van der Waals surface area contributed by atoms with Gasteiger partial charge in [0.25, 0.3) is 0 Å². The first-order valence-corrected chi connectivity index (χ1v) is 9.26. The van der Waals surface area contributed by atoms with Crippen LogP contribution in [-0.2, 0) is 16.1 Å². The monoisotopic (exact) mass is 481 g/mol. The van der Waals surface area contributed by atoms with Gasteiger partial charge in [-0.1, -0.05) is 50.7 Å². The van der Waals surface area contributed by atoms with Gasteiger partial charge in [0.15, 0.2) is 0 Å². The number of alkyl halides is 1. The van der Waals surface area contributed by atoms with Crippen LogP contribution in [0.25, 0.3) is 0 Å². The maximum Gasteiger partial charge on any atom is 0.410 e. The molecule has 4 nitrogen and oxygen atoms in total. The van der Waals surface area contributed by atoms with Crippen molar-refractivity contribution in [1.29, 1.82) is 0 Å². The maximum absolute atomic E-state index is 12.1. The van der Waals surface area contributed by atoms with Crippen molar-refractivity contribution >= 4 is 44.6 Å². The van der Waals surface area contributed by atoms with Gasteiger partial charge in [-0.3, -0.25) is 0 Å². The number of nitrogens with zero attached hydrogens (tertiary/aromatic N) is 1. The maximum atomic E-state index is 12.1. The lowest BCUT2D eigenvalue weighted by Gasteiger charge is -2.24. The number of amides is 1. The first-order chi connectivity index (χ1) is 10.2. The van der Waals surface area contributed by atoms with Crippen LogP contribution in [0.2, 0.25) is 0 Å². The Morgan fingerprint density at radius 1 is 1.41 bits per heavy atom. The van der Waals surface area contributed by atoms with Gasteiger partial charge in [0.05, 0.1) is 23.2 Å². The normalized spacial score (nSPS) is 22.0. The van der Waals surface area contributed by atoms with Crippen LogP contribution in [0.5, 0.6) is 0 Å². The summed E-state index contributed by atoms with van der Waals surface area (Å²) < 4.78 is 12.7. The van der Waals surface area contributed by atoms with E-state index in [2.05, 4.69) is 38.5 Å². The summed E-state index contributed by atoms with van der Waals surface area (Å²) in [6.07, 6.45) is -0.227. The second kappa shape index (κ2) is 7.49. The Labute approximate surface area is 153 Å². The number of carbonyl (C=O) groups is 1. The summed E-state index contributed by atoms with van der Waals surface area (Å²) in [5.74, 6) is 0. The van der Waals surface area contributed by atoms with Crippen molar-refractivity contribution in [3.63, 3.8) is 0 Å². The minimum absolute atomic E-state index is 0.0344. The fourth-order valence-electron chi connectivity index (χ4n) is 2.20. The van der Waals surface area contributed by atoms with Crippen molar-refractivity contribution in [2.24, 2.45) is 0 Å². The lowest BCUT2D eigenvalue weighted by molar-refractivity contribution is 0.0190. The molecule has 6 heteroatoms. The number of hydrogen-bond donors (Lipinski definition) is 0. The van der Waals surface area contributed by atoms with E-state index in [1.807, 2.05) is 45.0 Å². The predicted molar refractivity (Wildman–Crippen MR) is 98.3 cm³/mol. The summed E-state index contributed by atoms with van der Waals surface area (Å²) in [6, 6.07) is 8.06. The van der Waals surface area contributed by atoms with E-state index in [-0.39, 0.29) is 16.1 Å². The number of hydrogen-bond acceptors (Lipinski definition) is 3. The van der Waals surface area contributed by atoms with Crippen LogP contribution in [0.3, 0.4) is 0 Å². The average molecular weight is 482 g/mol. The SMILES string of the molecule is CC(C)(C)OC(=O)N1CC(I)C(OCc2cccc(Br)c2)C1. The van der Waals surface area contributed by atoms with Crippen molar-refractivity contribution in [1.82, 2.24) is 4.90 Å². The van der Waals surface area contributed by atoms with Crippen molar-refractivity contribution in [2.45, 2.75) is 43.0 Å². The van der Waals surface area contributed by atoms with E-state index in [1.54, 1.807) is 4.90 Å². The van der Waals surface area contributed by atoms with E-state index in [9.17, 15) is 4.79 Å². The minimum Gasteiger partial charge on any atom is -0.444 e. The molecule has 22 heavy (non-hydrogen) atoms. The second-order valence-electron chi connectivity index (χ2n) is 6.38. The van der Waals surface area contributed by atoms with Crippen LogP contribution >= 0.6 is 38.5 Å². The van der Waals surface area contributed by atoms with Gasteiger partial charge in [-0.05, 0) is 38.5 Å². The molecule has 2 rings (SSSR count). The molecule has 0 bridgehead atoms. The third-order valence-electron chi connectivity index (χ3n) is 3.20. The highest BCUT2D eigenvalue weighted by molar-refractivity contribution is 14.1. The zero-order valence-corrected chi connectivity index (χ0v) is 16.8. The van der Waals surface area contributed by atoms with Gasteiger partial charge >= 0.3 is 6.09 Å². The summed E-state index contributed by atoms with van der Waals surface area (Å²) in [5, 5.41) is 0. The Kier molecular flexibility index (Phi) is 6.13. The van der Waals surface area contributed by atoms with Gasteiger partial charge in [-0.15, -0.1) is 0 Å². The summed E-state index contributed by atoms with van der Waals surface area (Å²) in [7, 11) is 0. The Bertz CT molecular complexity index is 532. The molecular weight excluding hydrogens is 461 g/mol. The standard InChI is InChI=1S/C16H21BrINO3/c1-16(2,3)22-15(20)19-8-13(18)14(9-19)21-10-11-5-4-6-12(17)7-11/h4-7,13-14H,8-10H2,1-3H3. The van der Waals surface area contributed by atoms with Crippen molar-refractivity contribution in [3.8, 4) is 0 Å². The van der Waals surface area contributed by atoms with Gasteiger partial charge in [0.2, 0.25) is 0 Å². The third kappa shape index (κ3) is 5.38. The Balaban J connectivity index is 1.87. The van der Waals surface area contributed by atoms with Gasteiger partial charge in [0.1, 0.15) is 5.60 Å². The van der Waals surface area contributed by atoms with Crippen LogP contribution in [0.15, 0.2) is 28.7 Å². The van der Waals surface area contributed by atoms with Crippen LogP contribution in [0.4, 0.5) is 4.79 Å². The summed E-state index contributed by atoms with van der Waals surface area (Å²) >= 11 is 5.80. The first kappa shape index (κ1) is 18.0. The summed E-state index contributed by atoms with van der Waals surface area (Å²) in [6.45, 7) is 7.43. The zero-order chi connectivity index (χ0) is 16.3. The molecule has 1 aliphatic heterocycles.